The number of aromatic hydroxyl groups is 1. The second-order valence-corrected chi connectivity index (χ2v) is 3.28. The molecule has 0 atom stereocenters. The fourth-order valence-corrected chi connectivity index (χ4v) is 1.36. The first-order valence-corrected chi connectivity index (χ1v) is 4.77. The van der Waals surface area contributed by atoms with Crippen molar-refractivity contribution in [2.24, 2.45) is 5.16 Å². The van der Waals surface area contributed by atoms with Gasteiger partial charge < -0.3 is 14.9 Å². The van der Waals surface area contributed by atoms with Crippen molar-refractivity contribution in [2.75, 3.05) is 6.61 Å². The predicted octanol–water partition coefficient (Wildman–Crippen LogP) is 1.32. The van der Waals surface area contributed by atoms with Gasteiger partial charge in [-0.1, -0.05) is 17.8 Å². The second-order valence-electron chi connectivity index (χ2n) is 3.28. The predicted molar refractivity (Wildman–Crippen MR) is 61.8 cm³/mol. The molecule has 1 aromatic rings. The van der Waals surface area contributed by atoms with Crippen LogP contribution in [0, 0.1) is 6.92 Å². The monoisotopic (exact) mass is 222 g/mol. The average molecular weight is 222 g/mol. The fourth-order valence-electron chi connectivity index (χ4n) is 1.36. The molecule has 5 heteroatoms. The highest BCUT2D eigenvalue weighted by atomic mass is 16.6. The minimum absolute atomic E-state index is 0.107. The summed E-state index contributed by atoms with van der Waals surface area (Å²) in [6, 6.07) is 1.11. The van der Waals surface area contributed by atoms with Gasteiger partial charge in [-0.15, -0.1) is 0 Å². The van der Waals surface area contributed by atoms with E-state index in [1.54, 1.807) is 19.9 Å². The molecule has 0 aromatic carbocycles. The second kappa shape index (κ2) is 5.16. The normalized spacial score (nSPS) is 11.2. The summed E-state index contributed by atoms with van der Waals surface area (Å²) in [7, 11) is 0. The van der Waals surface area contributed by atoms with Crippen LogP contribution in [0.15, 0.2) is 28.7 Å². The van der Waals surface area contributed by atoms with Crippen molar-refractivity contribution in [2.45, 2.75) is 13.8 Å². The number of pyridine rings is 1. The molecule has 0 radical (unpaired) electrons. The lowest BCUT2D eigenvalue weighted by Crippen LogP contribution is -2.11. The van der Waals surface area contributed by atoms with E-state index in [0.29, 0.717) is 23.6 Å². The van der Waals surface area contributed by atoms with Crippen molar-refractivity contribution in [3.05, 3.63) is 40.3 Å². The Balaban J connectivity index is 3.08. The van der Waals surface area contributed by atoms with E-state index in [4.69, 9.17) is 4.84 Å². The van der Waals surface area contributed by atoms with Crippen LogP contribution in [-0.2, 0) is 4.84 Å². The van der Waals surface area contributed by atoms with Crippen LogP contribution in [0.1, 0.15) is 18.2 Å². The van der Waals surface area contributed by atoms with Gasteiger partial charge in [-0.2, -0.15) is 0 Å². The summed E-state index contributed by atoms with van der Waals surface area (Å²) in [6.07, 6.45) is 1.57. The Hall–Kier alpha value is -2.04. The molecule has 0 saturated heterocycles. The summed E-state index contributed by atoms with van der Waals surface area (Å²) in [4.78, 5) is 18.5. The minimum atomic E-state index is -0.349. The van der Waals surface area contributed by atoms with E-state index in [9.17, 15) is 9.90 Å². The Kier molecular flexibility index (Phi) is 3.88. The van der Waals surface area contributed by atoms with E-state index in [2.05, 4.69) is 16.7 Å². The van der Waals surface area contributed by atoms with E-state index < -0.39 is 0 Å². The lowest BCUT2D eigenvalue weighted by atomic mass is 10.1. The Morgan fingerprint density at radius 3 is 3.00 bits per heavy atom. The first-order chi connectivity index (χ1) is 7.56. The Morgan fingerprint density at radius 2 is 2.44 bits per heavy atom. The van der Waals surface area contributed by atoms with Crippen LogP contribution in [0.25, 0.3) is 0 Å². The topological polar surface area (TPSA) is 74.7 Å². The molecule has 0 fully saturated rings. The minimum Gasteiger partial charge on any atom is -0.507 e. The van der Waals surface area contributed by atoms with Gasteiger partial charge in [0.05, 0.1) is 11.3 Å². The lowest BCUT2D eigenvalue weighted by Gasteiger charge is -2.06. The molecule has 2 N–H and O–H groups in total. The third kappa shape index (κ3) is 2.73. The maximum absolute atomic E-state index is 11.0. The number of nitrogens with one attached hydrogen (secondary N) is 1. The number of hydrogen-bond donors (Lipinski definition) is 2. The van der Waals surface area contributed by atoms with Crippen LogP contribution >= 0.6 is 0 Å². The molecule has 0 bridgehead atoms. The number of hydrogen-bond acceptors (Lipinski definition) is 4. The number of oxime groups is 1. The van der Waals surface area contributed by atoms with E-state index in [-0.39, 0.29) is 11.3 Å². The van der Waals surface area contributed by atoms with Crippen molar-refractivity contribution in [1.82, 2.24) is 4.98 Å². The maximum atomic E-state index is 11.0. The number of aryl methyl sites for hydroxylation is 1. The van der Waals surface area contributed by atoms with Gasteiger partial charge >= 0.3 is 0 Å². The zero-order chi connectivity index (χ0) is 12.1. The molecule has 1 aromatic heterocycles. The van der Waals surface area contributed by atoms with Crippen molar-refractivity contribution in [3.8, 4) is 5.75 Å². The maximum Gasteiger partial charge on any atom is 0.251 e. The molecule has 1 rings (SSSR count). The summed E-state index contributed by atoms with van der Waals surface area (Å²) < 4.78 is 0. The highest BCUT2D eigenvalue weighted by molar-refractivity contribution is 6.01. The average Bonchev–Trinajstić information content (AvgIpc) is 2.16. The molecule has 0 aliphatic rings. The molecule has 5 nitrogen and oxygen atoms in total. The molecule has 0 saturated carbocycles. The number of rotatable bonds is 4. The summed E-state index contributed by atoms with van der Waals surface area (Å²) in [6.45, 7) is 7.15. The zero-order valence-electron chi connectivity index (χ0n) is 9.28. The van der Waals surface area contributed by atoms with Crippen molar-refractivity contribution in [3.63, 3.8) is 0 Å². The third-order valence-corrected chi connectivity index (χ3v) is 1.97. The lowest BCUT2D eigenvalue weighted by molar-refractivity contribution is 0.175. The smallest absolute Gasteiger partial charge is 0.251 e. The van der Waals surface area contributed by atoms with Gasteiger partial charge in [0.15, 0.2) is 0 Å². The van der Waals surface area contributed by atoms with Crippen LogP contribution in [0.3, 0.4) is 0 Å². The first kappa shape index (κ1) is 12.0. The Morgan fingerprint density at radius 1 is 1.75 bits per heavy atom. The van der Waals surface area contributed by atoms with Crippen LogP contribution in [0.2, 0.25) is 0 Å². The highest BCUT2D eigenvalue weighted by Crippen LogP contribution is 2.17. The van der Waals surface area contributed by atoms with Crippen molar-refractivity contribution >= 4 is 5.71 Å². The van der Waals surface area contributed by atoms with Gasteiger partial charge in [-0.25, -0.2) is 0 Å². The first-order valence-electron chi connectivity index (χ1n) is 4.77. The van der Waals surface area contributed by atoms with Gasteiger partial charge in [0.25, 0.3) is 5.56 Å². The van der Waals surface area contributed by atoms with Crippen molar-refractivity contribution < 1.29 is 9.94 Å². The standard InChI is InChI=1S/C11H14N2O3/c1-4-5-16-13-8(3)11-7(2)12-10(15)6-9(11)14/h4,6H,1,5H2,2-3H3,(H2,12,14,15)/b13-8+. The number of nitrogens with zero attached hydrogens (tertiary/aromatic N) is 1. The van der Waals surface area contributed by atoms with Crippen molar-refractivity contribution in [1.29, 1.82) is 0 Å². The molecule has 0 unspecified atom stereocenters. The molecule has 0 amide bonds. The van der Waals surface area contributed by atoms with Gasteiger partial charge in [-0.3, -0.25) is 4.79 Å². The highest BCUT2D eigenvalue weighted by Gasteiger charge is 2.10. The third-order valence-electron chi connectivity index (χ3n) is 1.97. The molecule has 1 heterocycles. The van der Waals surface area contributed by atoms with E-state index in [0.717, 1.165) is 6.07 Å². The quantitative estimate of drug-likeness (QED) is 0.349. The van der Waals surface area contributed by atoms with Crippen LogP contribution < -0.4 is 5.56 Å². The Bertz CT molecular complexity index is 448. The molecule has 0 aliphatic heterocycles. The van der Waals surface area contributed by atoms with Crippen LogP contribution in [0.5, 0.6) is 5.75 Å². The van der Waals surface area contributed by atoms with E-state index in [1.807, 2.05) is 0 Å². The SMILES string of the molecule is C=CCO/N=C(\C)c1c(O)cc(=O)[nH]c1C. The summed E-state index contributed by atoms with van der Waals surface area (Å²) >= 11 is 0. The number of H-pyrrole nitrogens is 1. The zero-order valence-corrected chi connectivity index (χ0v) is 9.28. The molecule has 0 aliphatic carbocycles. The van der Waals surface area contributed by atoms with Gasteiger partial charge in [0, 0.05) is 11.8 Å². The summed E-state index contributed by atoms with van der Waals surface area (Å²) in [5.74, 6) is -0.107. The fraction of sp³-hybridized carbons (Fsp3) is 0.273. The molecule has 86 valence electrons. The van der Waals surface area contributed by atoms with Gasteiger partial charge in [0.1, 0.15) is 12.4 Å². The molecule has 0 spiro atoms. The van der Waals surface area contributed by atoms with Crippen LogP contribution in [0.4, 0.5) is 0 Å². The van der Waals surface area contributed by atoms with Gasteiger partial charge in [0.2, 0.25) is 0 Å². The van der Waals surface area contributed by atoms with Crippen LogP contribution in [-0.4, -0.2) is 22.4 Å². The number of aromatic amines is 1. The summed E-state index contributed by atoms with van der Waals surface area (Å²) in [5, 5.41) is 13.4. The molecular weight excluding hydrogens is 208 g/mol. The largest absolute Gasteiger partial charge is 0.507 e. The number of aromatic nitrogens is 1. The Labute approximate surface area is 93.1 Å². The van der Waals surface area contributed by atoms with Gasteiger partial charge in [-0.05, 0) is 13.8 Å². The molecular formula is C11H14N2O3. The summed E-state index contributed by atoms with van der Waals surface area (Å²) in [5.41, 5.74) is 1.17. The van der Waals surface area contributed by atoms with E-state index >= 15 is 0 Å². The van der Waals surface area contributed by atoms with E-state index in [1.165, 1.54) is 0 Å². The molecule has 16 heavy (non-hydrogen) atoms.